The zero-order valence-corrected chi connectivity index (χ0v) is 14.0. The third kappa shape index (κ3) is 3.45. The Hall–Kier alpha value is -1.11. The zero-order chi connectivity index (χ0) is 16.6. The Bertz CT molecular complexity index is 550. The van der Waals surface area contributed by atoms with Gasteiger partial charge in [0, 0.05) is 11.5 Å². The van der Waals surface area contributed by atoms with Crippen molar-refractivity contribution in [2.24, 2.45) is 11.3 Å². The molecule has 1 saturated carbocycles. The van der Waals surface area contributed by atoms with Crippen molar-refractivity contribution in [2.75, 3.05) is 11.5 Å². The van der Waals surface area contributed by atoms with Crippen LogP contribution < -0.4 is 5.32 Å². The van der Waals surface area contributed by atoms with E-state index in [9.17, 15) is 18.0 Å². The van der Waals surface area contributed by atoms with E-state index in [-0.39, 0.29) is 35.2 Å². The van der Waals surface area contributed by atoms with Gasteiger partial charge in [0.25, 0.3) is 0 Å². The molecular weight excluding hydrogens is 306 g/mol. The Morgan fingerprint density at radius 2 is 1.77 bits per heavy atom. The molecule has 0 aromatic carbocycles. The summed E-state index contributed by atoms with van der Waals surface area (Å²) in [5.41, 5.74) is -0.862. The molecule has 2 aliphatic rings. The highest BCUT2D eigenvalue weighted by atomic mass is 32.2. The number of amides is 1. The first kappa shape index (κ1) is 17.2. The number of rotatable bonds is 6. The van der Waals surface area contributed by atoms with Gasteiger partial charge in [0.05, 0.1) is 17.9 Å². The van der Waals surface area contributed by atoms with E-state index >= 15 is 0 Å². The predicted octanol–water partition coefficient (Wildman–Crippen LogP) is 1.35. The monoisotopic (exact) mass is 331 g/mol. The SMILES string of the molecule is CCC(CC)(CC(=O)O)NC(=O)C1CC12CCS(=O)(=O)CC2. The maximum absolute atomic E-state index is 12.5. The van der Waals surface area contributed by atoms with E-state index in [1.54, 1.807) is 0 Å². The highest BCUT2D eigenvalue weighted by Crippen LogP contribution is 2.60. The Morgan fingerprint density at radius 1 is 1.23 bits per heavy atom. The molecule has 2 rings (SSSR count). The van der Waals surface area contributed by atoms with Crippen LogP contribution in [0.1, 0.15) is 52.4 Å². The normalized spacial score (nSPS) is 25.6. The highest BCUT2D eigenvalue weighted by Gasteiger charge is 2.59. The summed E-state index contributed by atoms with van der Waals surface area (Å²) in [7, 11) is -2.93. The molecule has 1 unspecified atom stereocenters. The quantitative estimate of drug-likeness (QED) is 0.765. The Morgan fingerprint density at radius 3 is 2.23 bits per heavy atom. The first-order valence-electron chi connectivity index (χ1n) is 7.92. The second-order valence-corrected chi connectivity index (χ2v) is 9.12. The standard InChI is InChI=1S/C15H25NO5S/c1-3-15(4-2,10-12(17)18)16-13(19)11-9-14(11)5-7-22(20,21)8-6-14/h11H,3-10H2,1-2H3,(H,16,19)(H,17,18). The summed E-state index contributed by atoms with van der Waals surface area (Å²) in [5, 5.41) is 12.0. The van der Waals surface area contributed by atoms with Crippen molar-refractivity contribution in [3.63, 3.8) is 0 Å². The van der Waals surface area contributed by atoms with Gasteiger partial charge in [0.2, 0.25) is 5.91 Å². The van der Waals surface area contributed by atoms with Crippen LogP contribution in [0.3, 0.4) is 0 Å². The molecule has 22 heavy (non-hydrogen) atoms. The second kappa shape index (κ2) is 5.83. The van der Waals surface area contributed by atoms with E-state index in [0.29, 0.717) is 25.7 Å². The fourth-order valence-corrected chi connectivity index (χ4v) is 5.21. The van der Waals surface area contributed by atoms with E-state index in [4.69, 9.17) is 5.11 Å². The van der Waals surface area contributed by atoms with Crippen LogP contribution in [0.25, 0.3) is 0 Å². The number of carboxylic acids is 1. The van der Waals surface area contributed by atoms with Crippen molar-refractivity contribution in [3.05, 3.63) is 0 Å². The molecule has 1 saturated heterocycles. The van der Waals surface area contributed by atoms with Crippen LogP contribution >= 0.6 is 0 Å². The molecule has 2 fully saturated rings. The fraction of sp³-hybridized carbons (Fsp3) is 0.867. The topological polar surface area (TPSA) is 101 Å². The van der Waals surface area contributed by atoms with Gasteiger partial charge in [-0.2, -0.15) is 0 Å². The summed E-state index contributed by atoms with van der Waals surface area (Å²) >= 11 is 0. The van der Waals surface area contributed by atoms with E-state index < -0.39 is 21.3 Å². The van der Waals surface area contributed by atoms with E-state index in [0.717, 1.165) is 6.42 Å². The maximum Gasteiger partial charge on any atom is 0.305 e. The van der Waals surface area contributed by atoms with Crippen molar-refractivity contribution in [1.29, 1.82) is 0 Å². The van der Waals surface area contributed by atoms with Gasteiger partial charge in [-0.05, 0) is 37.5 Å². The van der Waals surface area contributed by atoms with Gasteiger partial charge in [-0.15, -0.1) is 0 Å². The molecule has 1 amide bonds. The van der Waals surface area contributed by atoms with Crippen LogP contribution in [0.15, 0.2) is 0 Å². The van der Waals surface area contributed by atoms with Crippen molar-refractivity contribution < 1.29 is 23.1 Å². The molecule has 1 aliphatic carbocycles. The van der Waals surface area contributed by atoms with Crippen molar-refractivity contribution in [1.82, 2.24) is 5.32 Å². The van der Waals surface area contributed by atoms with E-state index in [2.05, 4.69) is 5.32 Å². The summed E-state index contributed by atoms with van der Waals surface area (Å²) in [5.74, 6) is -0.853. The molecule has 6 nitrogen and oxygen atoms in total. The minimum Gasteiger partial charge on any atom is -0.481 e. The average molecular weight is 331 g/mol. The Balaban J connectivity index is 2.00. The maximum atomic E-state index is 12.5. The third-order valence-electron chi connectivity index (χ3n) is 5.56. The fourth-order valence-electron chi connectivity index (χ4n) is 3.57. The van der Waals surface area contributed by atoms with Gasteiger partial charge in [0.1, 0.15) is 9.84 Å². The average Bonchev–Trinajstić information content (AvgIpc) is 3.16. The number of aliphatic carboxylic acids is 1. The molecule has 1 atom stereocenters. The number of carbonyl (C=O) groups is 2. The lowest BCUT2D eigenvalue weighted by Gasteiger charge is -2.32. The molecule has 2 N–H and O–H groups in total. The smallest absolute Gasteiger partial charge is 0.305 e. The summed E-state index contributed by atoms with van der Waals surface area (Å²) in [6, 6.07) is 0. The molecule has 0 radical (unpaired) electrons. The molecular formula is C15H25NO5S. The number of nitrogens with one attached hydrogen (secondary N) is 1. The largest absolute Gasteiger partial charge is 0.481 e. The number of hydrogen-bond acceptors (Lipinski definition) is 4. The first-order chi connectivity index (χ1) is 10.2. The van der Waals surface area contributed by atoms with Crippen LogP contribution in [-0.4, -0.2) is 42.4 Å². The lowest BCUT2D eigenvalue weighted by Crippen LogP contribution is -2.50. The van der Waals surface area contributed by atoms with Crippen molar-refractivity contribution in [3.8, 4) is 0 Å². The van der Waals surface area contributed by atoms with Crippen molar-refractivity contribution in [2.45, 2.75) is 57.9 Å². The molecule has 0 bridgehead atoms. The highest BCUT2D eigenvalue weighted by molar-refractivity contribution is 7.91. The van der Waals surface area contributed by atoms with Gasteiger partial charge in [-0.1, -0.05) is 13.8 Å². The van der Waals surface area contributed by atoms with Gasteiger partial charge in [-0.25, -0.2) is 8.42 Å². The van der Waals surface area contributed by atoms with E-state index in [1.807, 2.05) is 13.8 Å². The van der Waals surface area contributed by atoms with Gasteiger partial charge in [0.15, 0.2) is 0 Å². The number of sulfone groups is 1. The lowest BCUT2D eigenvalue weighted by atomic mass is 9.88. The van der Waals surface area contributed by atoms with Gasteiger partial charge >= 0.3 is 5.97 Å². The molecule has 7 heteroatoms. The minimum absolute atomic E-state index is 0.0835. The van der Waals surface area contributed by atoms with Crippen molar-refractivity contribution >= 4 is 21.7 Å². The third-order valence-corrected chi connectivity index (χ3v) is 7.21. The number of hydrogen-bond donors (Lipinski definition) is 2. The molecule has 0 aromatic heterocycles. The molecule has 1 aliphatic heterocycles. The Labute approximate surface area is 131 Å². The van der Waals surface area contributed by atoms with Crippen LogP contribution in [0, 0.1) is 11.3 Å². The zero-order valence-electron chi connectivity index (χ0n) is 13.2. The minimum atomic E-state index is -2.93. The summed E-state index contributed by atoms with van der Waals surface area (Å²) in [4.78, 5) is 23.5. The molecule has 1 spiro atoms. The summed E-state index contributed by atoms with van der Waals surface area (Å²) in [6.45, 7) is 3.76. The number of carboxylic acid groups (broad SMARTS) is 1. The molecule has 126 valence electrons. The van der Waals surface area contributed by atoms with Crippen LogP contribution in [0.2, 0.25) is 0 Å². The number of carbonyl (C=O) groups excluding carboxylic acids is 1. The van der Waals surface area contributed by atoms with Crippen LogP contribution in [0.4, 0.5) is 0 Å². The van der Waals surface area contributed by atoms with Crippen LogP contribution in [-0.2, 0) is 19.4 Å². The van der Waals surface area contributed by atoms with Gasteiger partial charge < -0.3 is 10.4 Å². The lowest BCUT2D eigenvalue weighted by molar-refractivity contribution is -0.139. The summed E-state index contributed by atoms with van der Waals surface area (Å²) < 4.78 is 23.0. The van der Waals surface area contributed by atoms with E-state index in [1.165, 1.54) is 0 Å². The Kier molecular flexibility index (Phi) is 4.57. The summed E-state index contributed by atoms with van der Waals surface area (Å²) in [6.07, 6.45) is 2.88. The molecule has 0 aromatic rings. The predicted molar refractivity (Wildman–Crippen MR) is 82.1 cm³/mol. The molecule has 1 heterocycles. The van der Waals surface area contributed by atoms with Gasteiger partial charge in [-0.3, -0.25) is 9.59 Å². The first-order valence-corrected chi connectivity index (χ1v) is 9.74. The second-order valence-electron chi connectivity index (χ2n) is 6.82. The van der Waals surface area contributed by atoms with Crippen LogP contribution in [0.5, 0.6) is 0 Å².